The van der Waals surface area contributed by atoms with Crippen molar-refractivity contribution in [3.05, 3.63) is 196 Å². The van der Waals surface area contributed by atoms with E-state index in [0.29, 0.717) is 5.41 Å². The van der Waals surface area contributed by atoms with Gasteiger partial charge >= 0.3 is 0 Å². The van der Waals surface area contributed by atoms with Crippen molar-refractivity contribution < 1.29 is 0 Å². The van der Waals surface area contributed by atoms with Crippen LogP contribution in [0.3, 0.4) is 0 Å². The normalized spacial score (nSPS) is 25.2. The van der Waals surface area contributed by atoms with Crippen molar-refractivity contribution in [2.24, 2.45) is 17.8 Å². The van der Waals surface area contributed by atoms with Gasteiger partial charge in [0, 0.05) is 22.4 Å². The van der Waals surface area contributed by atoms with Crippen LogP contribution in [0.5, 0.6) is 0 Å². The highest BCUT2D eigenvalue weighted by molar-refractivity contribution is 5.99. The topological polar surface area (TPSA) is 3.24 Å². The lowest BCUT2D eigenvalue weighted by atomic mass is 9.48. The van der Waals surface area contributed by atoms with Crippen molar-refractivity contribution in [3.63, 3.8) is 0 Å². The predicted molar refractivity (Wildman–Crippen MR) is 254 cm³/mol. The molecule has 7 aliphatic carbocycles. The van der Waals surface area contributed by atoms with Gasteiger partial charge in [-0.2, -0.15) is 0 Å². The van der Waals surface area contributed by atoms with Crippen molar-refractivity contribution in [2.45, 2.75) is 94.8 Å². The highest BCUT2D eigenvalue weighted by Crippen LogP contribution is 2.65. The zero-order valence-electron chi connectivity index (χ0n) is 36.4. The summed E-state index contributed by atoms with van der Waals surface area (Å²) in [6.45, 7) is 11.9. The molecule has 14 rings (SSSR count). The molecule has 1 atom stereocenters. The van der Waals surface area contributed by atoms with E-state index in [9.17, 15) is 0 Å². The second kappa shape index (κ2) is 12.3. The highest BCUT2D eigenvalue weighted by atomic mass is 15.1. The summed E-state index contributed by atoms with van der Waals surface area (Å²) in [5, 5.41) is 0. The van der Waals surface area contributed by atoms with Gasteiger partial charge in [-0.15, -0.1) is 0 Å². The fourth-order valence-electron chi connectivity index (χ4n) is 14.5. The third kappa shape index (κ3) is 4.79. The minimum atomic E-state index is -0.435. The molecule has 0 radical (unpaired) electrons. The fourth-order valence-corrected chi connectivity index (χ4v) is 14.5. The molecule has 0 amide bonds. The van der Waals surface area contributed by atoms with Gasteiger partial charge in [0.25, 0.3) is 0 Å². The molecule has 4 bridgehead atoms. The number of rotatable bonds is 4. The van der Waals surface area contributed by atoms with Crippen molar-refractivity contribution in [1.82, 2.24) is 0 Å². The van der Waals surface area contributed by atoms with Crippen LogP contribution in [0.25, 0.3) is 33.4 Å². The molecule has 7 aromatic rings. The van der Waals surface area contributed by atoms with E-state index < -0.39 is 5.41 Å². The van der Waals surface area contributed by atoms with Crippen molar-refractivity contribution in [2.75, 3.05) is 4.90 Å². The van der Waals surface area contributed by atoms with E-state index in [2.05, 4.69) is 191 Å². The first-order chi connectivity index (χ1) is 29.5. The molecule has 0 heterocycles. The Labute approximate surface area is 362 Å². The summed E-state index contributed by atoms with van der Waals surface area (Å²) in [7, 11) is 0. The summed E-state index contributed by atoms with van der Waals surface area (Å²) in [5.74, 6) is 2.69. The van der Waals surface area contributed by atoms with E-state index in [4.69, 9.17) is 0 Å². The molecule has 1 heteroatoms. The third-order valence-corrected chi connectivity index (χ3v) is 16.8. The summed E-state index contributed by atoms with van der Waals surface area (Å²) < 4.78 is 0. The Morgan fingerprint density at radius 3 is 1.64 bits per heavy atom. The van der Waals surface area contributed by atoms with Crippen molar-refractivity contribution >= 4 is 17.1 Å². The van der Waals surface area contributed by atoms with Crippen LogP contribution in [0.1, 0.15) is 118 Å². The van der Waals surface area contributed by atoms with Gasteiger partial charge in [-0.25, -0.2) is 0 Å². The predicted octanol–water partition coefficient (Wildman–Crippen LogP) is 15.6. The summed E-state index contributed by atoms with van der Waals surface area (Å²) in [6, 6.07) is 59.6. The molecule has 7 aliphatic rings. The Balaban J connectivity index is 1.08. The third-order valence-electron chi connectivity index (χ3n) is 16.8. The monoisotopic (exact) mass is 789 g/mol. The standard InChI is InChI=1S/C60H55N/c1-57(2,3)40-24-26-46-44-16-6-10-20-50(44)60(53(46)32-40)51-21-11-7-17-45(51)47-27-25-43(33-54(47)60)61(55-23-13-22-52-56(55)48-18-8-9-19-49(48)58(52,4)5)42-15-12-14-41(31-42)59-34-37-28-38(35-59)30-39(29-37)36-59/h6-27,31-33,37-39H,28-30,34-36H2,1-5H3. The van der Waals surface area contributed by atoms with Gasteiger partial charge in [0.1, 0.15) is 0 Å². The highest BCUT2D eigenvalue weighted by Gasteiger charge is 2.53. The van der Waals surface area contributed by atoms with Crippen LogP contribution in [0.15, 0.2) is 152 Å². The Morgan fingerprint density at radius 2 is 0.984 bits per heavy atom. The average Bonchev–Trinajstić information content (AvgIpc) is 3.82. The van der Waals surface area contributed by atoms with E-state index in [1.807, 2.05) is 0 Å². The molecule has 1 nitrogen and oxygen atoms in total. The van der Waals surface area contributed by atoms with Gasteiger partial charge in [0.2, 0.25) is 0 Å². The molecular formula is C60H55N. The van der Waals surface area contributed by atoms with Crippen LogP contribution in [0.2, 0.25) is 0 Å². The molecule has 7 aromatic carbocycles. The Kier molecular flexibility index (Phi) is 7.24. The zero-order chi connectivity index (χ0) is 41.0. The van der Waals surface area contributed by atoms with Crippen LogP contribution in [-0.2, 0) is 21.7 Å². The smallest absolute Gasteiger partial charge is 0.0726 e. The summed E-state index contributed by atoms with van der Waals surface area (Å²) in [5.41, 5.74) is 23.0. The first-order valence-electron chi connectivity index (χ1n) is 23.2. The first kappa shape index (κ1) is 36.0. The van der Waals surface area contributed by atoms with Gasteiger partial charge in [0.05, 0.1) is 11.1 Å². The van der Waals surface area contributed by atoms with E-state index in [1.165, 1.54) is 128 Å². The van der Waals surface area contributed by atoms with Crippen LogP contribution < -0.4 is 4.90 Å². The van der Waals surface area contributed by atoms with Gasteiger partial charge in [-0.1, -0.05) is 156 Å². The lowest BCUT2D eigenvalue weighted by Gasteiger charge is -2.57. The fraction of sp³-hybridized carbons (Fsp3) is 0.300. The maximum Gasteiger partial charge on any atom is 0.0726 e. The lowest BCUT2D eigenvalue weighted by Crippen LogP contribution is -2.48. The first-order valence-corrected chi connectivity index (χ1v) is 23.2. The molecule has 1 unspecified atom stereocenters. The van der Waals surface area contributed by atoms with Gasteiger partial charge in [-0.05, 0) is 170 Å². The summed E-state index contributed by atoms with van der Waals surface area (Å²) >= 11 is 0. The molecule has 61 heavy (non-hydrogen) atoms. The molecule has 4 saturated carbocycles. The minimum Gasteiger partial charge on any atom is -0.310 e. The molecule has 0 aliphatic heterocycles. The summed E-state index contributed by atoms with van der Waals surface area (Å²) in [6.07, 6.45) is 8.46. The maximum absolute atomic E-state index is 2.66. The maximum atomic E-state index is 2.66. The second-order valence-corrected chi connectivity index (χ2v) is 21.5. The SMILES string of the molecule is CC(C)(C)c1ccc2c(c1)C1(c3ccccc3-c3ccc(N(c4cccc(C56CC7CC(CC(C7)C5)C6)c4)c4cccc5c4-c4ccccc4C5(C)C)cc31)c1ccccc1-2. The van der Waals surface area contributed by atoms with Crippen LogP contribution >= 0.6 is 0 Å². The molecule has 1 spiro atoms. The van der Waals surface area contributed by atoms with Crippen molar-refractivity contribution in [3.8, 4) is 33.4 Å². The molecule has 0 N–H and O–H groups in total. The molecular weight excluding hydrogens is 735 g/mol. The van der Waals surface area contributed by atoms with Gasteiger partial charge in [0.15, 0.2) is 0 Å². The Morgan fingerprint density at radius 1 is 0.459 bits per heavy atom. The Bertz CT molecular complexity index is 2940. The molecule has 300 valence electrons. The van der Waals surface area contributed by atoms with Crippen molar-refractivity contribution in [1.29, 1.82) is 0 Å². The van der Waals surface area contributed by atoms with E-state index in [-0.39, 0.29) is 10.8 Å². The van der Waals surface area contributed by atoms with Gasteiger partial charge < -0.3 is 4.90 Å². The quantitative estimate of drug-likeness (QED) is 0.172. The minimum absolute atomic E-state index is 0.0179. The number of hydrogen-bond donors (Lipinski definition) is 0. The second-order valence-electron chi connectivity index (χ2n) is 21.5. The molecule has 0 aromatic heterocycles. The largest absolute Gasteiger partial charge is 0.310 e. The summed E-state index contributed by atoms with van der Waals surface area (Å²) in [4.78, 5) is 2.66. The zero-order valence-corrected chi connectivity index (χ0v) is 36.4. The number of fused-ring (bicyclic) bond motifs is 13. The number of hydrogen-bond acceptors (Lipinski definition) is 1. The molecule has 0 saturated heterocycles. The van der Waals surface area contributed by atoms with E-state index in [0.717, 1.165) is 17.8 Å². The van der Waals surface area contributed by atoms with Crippen LogP contribution in [0, 0.1) is 17.8 Å². The van der Waals surface area contributed by atoms with Crippen LogP contribution in [-0.4, -0.2) is 0 Å². The lowest BCUT2D eigenvalue weighted by molar-refractivity contribution is -0.00516. The number of anilines is 3. The Hall–Kier alpha value is -5.66. The molecule has 4 fully saturated rings. The van der Waals surface area contributed by atoms with E-state index in [1.54, 1.807) is 5.56 Å². The number of nitrogens with zero attached hydrogens (tertiary/aromatic N) is 1. The van der Waals surface area contributed by atoms with E-state index >= 15 is 0 Å². The average molecular weight is 790 g/mol. The number of benzene rings is 7. The van der Waals surface area contributed by atoms with Gasteiger partial charge in [-0.3, -0.25) is 0 Å². The van der Waals surface area contributed by atoms with Crippen LogP contribution in [0.4, 0.5) is 17.1 Å².